The van der Waals surface area contributed by atoms with Crippen LogP contribution in [-0.4, -0.2) is 4.98 Å². The van der Waals surface area contributed by atoms with E-state index in [0.717, 1.165) is 6.07 Å². The molecule has 0 radical (unpaired) electrons. The highest BCUT2D eigenvalue weighted by atomic mass is 19.3. The summed E-state index contributed by atoms with van der Waals surface area (Å²) in [6.45, 7) is 0. The maximum Gasteiger partial charge on any atom is 0.267 e. The molecule has 0 fully saturated rings. The van der Waals surface area contributed by atoms with Crippen molar-refractivity contribution in [2.75, 3.05) is 5.73 Å². The molecule has 14 heavy (non-hydrogen) atoms. The number of hydrogen-bond donors (Lipinski definition) is 2. The largest absolute Gasteiger partial charge is 0.398 e. The van der Waals surface area contributed by atoms with Crippen molar-refractivity contribution in [3.63, 3.8) is 0 Å². The zero-order valence-electron chi connectivity index (χ0n) is 7.05. The highest BCUT2D eigenvalue weighted by Gasteiger charge is 2.17. The normalized spacial score (nSPS) is 10.1. The van der Waals surface area contributed by atoms with Crippen molar-refractivity contribution in [2.45, 2.75) is 12.8 Å². The summed E-state index contributed by atoms with van der Waals surface area (Å²) in [4.78, 5) is 13.0. The topological polar surface area (TPSA) is 82.7 Å². The molecule has 0 aliphatic rings. The molecule has 0 aliphatic carbocycles. The average molecular weight is 199 g/mol. The predicted molar refractivity (Wildman–Crippen MR) is 45.7 cm³/mol. The van der Waals surface area contributed by atoms with Gasteiger partial charge in [-0.1, -0.05) is 0 Å². The molecular formula is C8H7F2N3O. The van der Waals surface area contributed by atoms with Crippen LogP contribution in [0.25, 0.3) is 0 Å². The minimum absolute atomic E-state index is 0.118. The van der Waals surface area contributed by atoms with Crippen molar-refractivity contribution in [2.24, 2.45) is 0 Å². The molecule has 0 saturated carbocycles. The lowest BCUT2D eigenvalue weighted by atomic mass is 10.1. The number of aromatic amines is 1. The first-order valence-electron chi connectivity index (χ1n) is 3.73. The van der Waals surface area contributed by atoms with E-state index in [1.165, 1.54) is 0 Å². The van der Waals surface area contributed by atoms with Crippen molar-refractivity contribution in [1.29, 1.82) is 5.26 Å². The number of anilines is 1. The van der Waals surface area contributed by atoms with Crippen LogP contribution in [-0.2, 0) is 6.42 Å². The Balaban J connectivity index is 3.38. The fourth-order valence-corrected chi connectivity index (χ4v) is 1.12. The number of nitrogen functional groups attached to an aromatic ring is 1. The molecule has 0 amide bonds. The van der Waals surface area contributed by atoms with Crippen LogP contribution >= 0.6 is 0 Å². The molecule has 0 unspecified atom stereocenters. The second kappa shape index (κ2) is 3.87. The molecular weight excluding hydrogens is 192 g/mol. The Morgan fingerprint density at radius 2 is 2.29 bits per heavy atom. The molecule has 0 bridgehead atoms. The lowest BCUT2D eigenvalue weighted by molar-refractivity contribution is 0.150. The molecule has 0 atom stereocenters. The number of H-pyrrole nitrogens is 1. The number of halogens is 2. The van der Waals surface area contributed by atoms with Gasteiger partial charge < -0.3 is 10.7 Å². The third kappa shape index (κ3) is 1.88. The summed E-state index contributed by atoms with van der Waals surface area (Å²) < 4.78 is 24.9. The summed E-state index contributed by atoms with van der Waals surface area (Å²) in [5.41, 5.74) is 3.79. The van der Waals surface area contributed by atoms with Crippen molar-refractivity contribution in [3.05, 3.63) is 27.7 Å². The fraction of sp³-hybridized carbons (Fsp3) is 0.250. The van der Waals surface area contributed by atoms with Crippen LogP contribution in [0.5, 0.6) is 0 Å². The van der Waals surface area contributed by atoms with Gasteiger partial charge in [-0.15, -0.1) is 0 Å². The van der Waals surface area contributed by atoms with E-state index in [4.69, 9.17) is 11.0 Å². The third-order valence-corrected chi connectivity index (χ3v) is 1.67. The molecule has 0 saturated heterocycles. The number of hydrogen-bond acceptors (Lipinski definition) is 3. The highest BCUT2D eigenvalue weighted by Crippen LogP contribution is 2.26. The summed E-state index contributed by atoms with van der Waals surface area (Å²) in [6.07, 6.45) is -3.09. The van der Waals surface area contributed by atoms with Gasteiger partial charge >= 0.3 is 0 Å². The van der Waals surface area contributed by atoms with Crippen molar-refractivity contribution in [1.82, 2.24) is 4.98 Å². The number of pyridine rings is 1. The van der Waals surface area contributed by atoms with Crippen molar-refractivity contribution >= 4 is 5.69 Å². The molecule has 6 heteroatoms. The summed E-state index contributed by atoms with van der Waals surface area (Å²) in [5.74, 6) is 0. The lowest BCUT2D eigenvalue weighted by Crippen LogP contribution is -2.13. The Morgan fingerprint density at radius 3 is 2.79 bits per heavy atom. The van der Waals surface area contributed by atoms with Crippen LogP contribution in [0.15, 0.2) is 10.9 Å². The zero-order valence-corrected chi connectivity index (χ0v) is 7.05. The van der Waals surface area contributed by atoms with Gasteiger partial charge in [-0.3, -0.25) is 4.79 Å². The average Bonchev–Trinajstić information content (AvgIpc) is 2.01. The number of rotatable bonds is 2. The highest BCUT2D eigenvalue weighted by molar-refractivity contribution is 5.49. The van der Waals surface area contributed by atoms with Crippen molar-refractivity contribution in [3.8, 4) is 6.07 Å². The molecule has 1 aromatic heterocycles. The molecule has 3 N–H and O–H groups in total. The maximum absolute atomic E-state index is 12.4. The van der Waals surface area contributed by atoms with Gasteiger partial charge in [-0.2, -0.15) is 5.26 Å². The van der Waals surface area contributed by atoms with E-state index >= 15 is 0 Å². The predicted octanol–water partition coefficient (Wildman–Crippen LogP) is 0.961. The molecule has 0 aliphatic heterocycles. The van der Waals surface area contributed by atoms with Crippen LogP contribution in [0.3, 0.4) is 0 Å². The summed E-state index contributed by atoms with van der Waals surface area (Å²) in [5, 5.41) is 8.35. The number of nitrogens with one attached hydrogen (secondary N) is 1. The van der Waals surface area contributed by atoms with E-state index in [9.17, 15) is 13.6 Å². The van der Waals surface area contributed by atoms with Gasteiger partial charge in [0.1, 0.15) is 0 Å². The molecule has 0 aromatic carbocycles. The third-order valence-electron chi connectivity index (χ3n) is 1.67. The molecule has 74 valence electrons. The molecule has 4 nitrogen and oxygen atoms in total. The first kappa shape index (κ1) is 10.2. The Hall–Kier alpha value is -1.90. The first-order valence-corrected chi connectivity index (χ1v) is 3.73. The Morgan fingerprint density at radius 1 is 1.64 bits per heavy atom. The lowest BCUT2D eigenvalue weighted by Gasteiger charge is -2.07. The van der Waals surface area contributed by atoms with Crippen LogP contribution in [0.2, 0.25) is 0 Å². The Kier molecular flexibility index (Phi) is 2.82. The fourth-order valence-electron chi connectivity index (χ4n) is 1.12. The monoisotopic (exact) mass is 199 g/mol. The van der Waals surface area contributed by atoms with Gasteiger partial charge in [0.2, 0.25) is 5.56 Å². The van der Waals surface area contributed by atoms with Crippen LogP contribution in [0.4, 0.5) is 14.5 Å². The van der Waals surface area contributed by atoms with E-state index in [0.29, 0.717) is 0 Å². The summed E-state index contributed by atoms with van der Waals surface area (Å²) >= 11 is 0. The number of nitriles is 1. The van der Waals surface area contributed by atoms with Gasteiger partial charge in [-0.05, 0) is 0 Å². The van der Waals surface area contributed by atoms with Crippen LogP contribution in [0.1, 0.15) is 17.7 Å². The second-order valence-corrected chi connectivity index (χ2v) is 2.62. The van der Waals surface area contributed by atoms with E-state index in [2.05, 4.69) is 4.98 Å². The second-order valence-electron chi connectivity index (χ2n) is 2.62. The van der Waals surface area contributed by atoms with Crippen LogP contribution in [0, 0.1) is 11.3 Å². The minimum atomic E-state index is -2.80. The number of nitrogens with zero attached hydrogens (tertiary/aromatic N) is 1. The van der Waals surface area contributed by atoms with Gasteiger partial charge in [-0.25, -0.2) is 8.78 Å². The zero-order chi connectivity index (χ0) is 10.7. The molecule has 1 heterocycles. The van der Waals surface area contributed by atoms with Gasteiger partial charge in [0.05, 0.1) is 18.1 Å². The maximum atomic E-state index is 12.4. The van der Waals surface area contributed by atoms with Gasteiger partial charge in [0.25, 0.3) is 6.43 Å². The standard InChI is InChI=1S/C8H7F2N3O/c9-8(10)7-4(12)3-6(14)13-5(7)1-2-11/h3,8H,1H2,(H3,12,13,14). The Bertz CT molecular complexity index is 433. The number of alkyl halides is 2. The van der Waals surface area contributed by atoms with E-state index < -0.39 is 17.5 Å². The number of nitrogens with two attached hydrogens (primary N) is 1. The van der Waals surface area contributed by atoms with Gasteiger partial charge in [0, 0.05) is 17.4 Å². The Labute approximate surface area is 78.0 Å². The smallest absolute Gasteiger partial charge is 0.267 e. The SMILES string of the molecule is N#CCc1[nH]c(=O)cc(N)c1C(F)F. The summed E-state index contributed by atoms with van der Waals surface area (Å²) in [6, 6.07) is 2.55. The minimum Gasteiger partial charge on any atom is -0.398 e. The van der Waals surface area contributed by atoms with E-state index in [1.54, 1.807) is 6.07 Å². The molecule has 1 aromatic rings. The first-order chi connectivity index (χ1) is 6.56. The summed E-state index contributed by atoms with van der Waals surface area (Å²) in [7, 11) is 0. The van der Waals surface area contributed by atoms with E-state index in [1.807, 2.05) is 0 Å². The molecule has 0 spiro atoms. The molecule has 1 rings (SSSR count). The van der Waals surface area contributed by atoms with Crippen LogP contribution < -0.4 is 11.3 Å². The quantitative estimate of drug-likeness (QED) is 0.744. The van der Waals surface area contributed by atoms with E-state index in [-0.39, 0.29) is 17.8 Å². The van der Waals surface area contributed by atoms with Crippen molar-refractivity contribution < 1.29 is 8.78 Å². The van der Waals surface area contributed by atoms with Gasteiger partial charge in [0.15, 0.2) is 0 Å². The number of aromatic nitrogens is 1.